The molecule has 0 atom stereocenters. The fraction of sp³-hybridized carbons (Fsp3) is 0.562. The average Bonchev–Trinajstić information content (AvgIpc) is 2.57. The molecule has 1 aliphatic heterocycles. The molecule has 0 spiro atoms. The van der Waals surface area contributed by atoms with Gasteiger partial charge in [0.2, 0.25) is 0 Å². The highest BCUT2D eigenvalue weighted by Gasteiger charge is 2.52. The van der Waals surface area contributed by atoms with Crippen LogP contribution in [0.25, 0.3) is 0 Å². The van der Waals surface area contributed by atoms with E-state index in [4.69, 9.17) is 19.8 Å². The quantitative estimate of drug-likeness (QED) is 0.862. The number of rotatable bonds is 4. The highest BCUT2D eigenvalue weighted by molar-refractivity contribution is 6.63. The maximum absolute atomic E-state index is 11.9. The smallest absolute Gasteiger partial charge is 0.490 e. The van der Waals surface area contributed by atoms with Crippen molar-refractivity contribution in [2.24, 2.45) is 5.73 Å². The molecule has 1 fully saturated rings. The molecule has 1 amide bonds. The summed E-state index contributed by atoms with van der Waals surface area (Å²) in [7, 11) is -0.650. The van der Waals surface area contributed by atoms with Crippen molar-refractivity contribution < 1.29 is 18.8 Å². The van der Waals surface area contributed by atoms with Gasteiger partial charge in [0.25, 0.3) is 5.91 Å². The van der Waals surface area contributed by atoms with Gasteiger partial charge >= 0.3 is 7.12 Å². The Morgan fingerprint density at radius 2 is 1.73 bits per heavy atom. The summed E-state index contributed by atoms with van der Waals surface area (Å²) in [5.41, 5.74) is 5.51. The van der Waals surface area contributed by atoms with Gasteiger partial charge < -0.3 is 19.8 Å². The van der Waals surface area contributed by atoms with Crippen molar-refractivity contribution in [2.75, 3.05) is 0 Å². The number of carbonyl (C=O) groups is 1. The van der Waals surface area contributed by atoms with E-state index in [1.165, 1.54) is 0 Å². The Balaban J connectivity index is 2.46. The third-order valence-corrected chi connectivity index (χ3v) is 4.17. The molecular weight excluding hydrogens is 281 g/mol. The predicted octanol–water partition coefficient (Wildman–Crippen LogP) is 1.87. The van der Waals surface area contributed by atoms with Gasteiger partial charge in [-0.2, -0.15) is 0 Å². The predicted molar refractivity (Wildman–Crippen MR) is 86.4 cm³/mol. The van der Waals surface area contributed by atoms with Crippen molar-refractivity contribution in [3.8, 4) is 5.75 Å². The normalized spacial score (nSPS) is 19.5. The van der Waals surface area contributed by atoms with Crippen LogP contribution in [-0.4, -0.2) is 30.3 Å². The second-order valence-electron chi connectivity index (χ2n) is 6.84. The van der Waals surface area contributed by atoms with Gasteiger partial charge in [-0.15, -0.1) is 0 Å². The van der Waals surface area contributed by atoms with Crippen molar-refractivity contribution in [1.29, 1.82) is 0 Å². The van der Waals surface area contributed by atoms with Gasteiger partial charge in [0, 0.05) is 0 Å². The lowest BCUT2D eigenvalue weighted by atomic mass is 9.75. The summed E-state index contributed by atoms with van der Waals surface area (Å²) in [5.74, 6) is -0.101. The van der Waals surface area contributed by atoms with Crippen LogP contribution in [0, 0.1) is 0 Å². The third kappa shape index (κ3) is 2.98. The minimum absolute atomic E-state index is 0.0633. The summed E-state index contributed by atoms with van der Waals surface area (Å²) in [5, 5.41) is 0. The van der Waals surface area contributed by atoms with Crippen LogP contribution in [0.1, 0.15) is 51.9 Å². The van der Waals surface area contributed by atoms with Crippen LogP contribution in [0.15, 0.2) is 18.2 Å². The zero-order valence-corrected chi connectivity index (χ0v) is 14.1. The Labute approximate surface area is 132 Å². The summed E-state index contributed by atoms with van der Waals surface area (Å²) in [6.07, 6.45) is -0.0633. The zero-order valence-electron chi connectivity index (χ0n) is 14.1. The summed E-state index contributed by atoms with van der Waals surface area (Å²) in [4.78, 5) is 11.9. The summed E-state index contributed by atoms with van der Waals surface area (Å²) >= 11 is 0. The van der Waals surface area contributed by atoms with Gasteiger partial charge in [0.15, 0.2) is 0 Å². The standard InChI is InChI=1S/C16H24BNO4/c1-10(2)20-12-9-7-8-11(13(12)14(18)19)17-21-15(3,4)16(5,6)22-17/h7-10H,1-6H3,(H2,18,19). The lowest BCUT2D eigenvalue weighted by Gasteiger charge is -2.32. The van der Waals surface area contributed by atoms with E-state index in [1.807, 2.05) is 47.6 Å². The van der Waals surface area contributed by atoms with Crippen LogP contribution in [0.3, 0.4) is 0 Å². The first-order valence-electron chi connectivity index (χ1n) is 7.50. The van der Waals surface area contributed by atoms with Gasteiger partial charge in [-0.25, -0.2) is 0 Å². The van der Waals surface area contributed by atoms with Gasteiger partial charge in [-0.05, 0) is 53.1 Å². The topological polar surface area (TPSA) is 70.8 Å². The molecule has 22 heavy (non-hydrogen) atoms. The van der Waals surface area contributed by atoms with E-state index in [9.17, 15) is 4.79 Å². The highest BCUT2D eigenvalue weighted by atomic mass is 16.7. The SMILES string of the molecule is CC(C)Oc1cccc(B2OC(C)(C)C(C)(C)O2)c1C(N)=O. The van der Waals surface area contributed by atoms with Crippen LogP contribution in [0.4, 0.5) is 0 Å². The van der Waals surface area contributed by atoms with Gasteiger partial charge in [0.05, 0.1) is 22.9 Å². The Morgan fingerprint density at radius 3 is 2.18 bits per heavy atom. The van der Waals surface area contributed by atoms with E-state index >= 15 is 0 Å². The Bertz CT molecular complexity index is 568. The molecule has 5 nitrogen and oxygen atoms in total. The number of ether oxygens (including phenoxy) is 1. The molecule has 0 radical (unpaired) electrons. The lowest BCUT2D eigenvalue weighted by Crippen LogP contribution is -2.41. The number of hydrogen-bond donors (Lipinski definition) is 1. The molecule has 1 aromatic rings. The molecule has 1 heterocycles. The van der Waals surface area contributed by atoms with Crippen LogP contribution in [0.2, 0.25) is 0 Å². The van der Waals surface area contributed by atoms with Crippen molar-refractivity contribution in [2.45, 2.75) is 58.8 Å². The maximum Gasteiger partial charge on any atom is 0.495 e. The van der Waals surface area contributed by atoms with E-state index in [2.05, 4.69) is 0 Å². The Hall–Kier alpha value is -1.53. The highest BCUT2D eigenvalue weighted by Crippen LogP contribution is 2.37. The number of benzene rings is 1. The van der Waals surface area contributed by atoms with E-state index < -0.39 is 24.2 Å². The zero-order chi connectivity index (χ0) is 16.7. The largest absolute Gasteiger partial charge is 0.495 e. The van der Waals surface area contributed by atoms with Gasteiger partial charge in [-0.1, -0.05) is 12.1 Å². The molecule has 1 aromatic carbocycles. The maximum atomic E-state index is 11.9. The fourth-order valence-corrected chi connectivity index (χ4v) is 2.33. The van der Waals surface area contributed by atoms with Crippen LogP contribution < -0.4 is 15.9 Å². The molecule has 0 saturated carbocycles. The number of primary amides is 1. The first-order chi connectivity index (χ1) is 10.0. The van der Waals surface area contributed by atoms with Crippen molar-refractivity contribution in [1.82, 2.24) is 0 Å². The minimum atomic E-state index is -0.650. The van der Waals surface area contributed by atoms with Crippen molar-refractivity contribution in [3.63, 3.8) is 0 Å². The summed E-state index contributed by atoms with van der Waals surface area (Å²) in [6, 6.07) is 5.33. The van der Waals surface area contributed by atoms with E-state index in [0.29, 0.717) is 16.8 Å². The number of carbonyl (C=O) groups excluding carboxylic acids is 1. The summed E-state index contributed by atoms with van der Waals surface area (Å²) in [6.45, 7) is 11.6. The molecule has 0 aromatic heterocycles. The molecule has 1 saturated heterocycles. The number of nitrogens with two attached hydrogens (primary N) is 1. The average molecular weight is 305 g/mol. The van der Waals surface area contributed by atoms with E-state index in [0.717, 1.165) is 0 Å². The molecule has 6 heteroatoms. The first-order valence-corrected chi connectivity index (χ1v) is 7.50. The van der Waals surface area contributed by atoms with E-state index in [1.54, 1.807) is 12.1 Å². The fourth-order valence-electron chi connectivity index (χ4n) is 2.33. The molecule has 0 unspecified atom stereocenters. The van der Waals surface area contributed by atoms with Gasteiger partial charge in [-0.3, -0.25) is 4.79 Å². The van der Waals surface area contributed by atoms with Crippen molar-refractivity contribution >= 4 is 18.5 Å². The second-order valence-corrected chi connectivity index (χ2v) is 6.84. The lowest BCUT2D eigenvalue weighted by molar-refractivity contribution is 0.00578. The molecule has 1 aliphatic rings. The summed E-state index contributed by atoms with van der Waals surface area (Å²) < 4.78 is 17.7. The van der Waals surface area contributed by atoms with E-state index in [-0.39, 0.29) is 6.10 Å². The monoisotopic (exact) mass is 305 g/mol. The third-order valence-electron chi connectivity index (χ3n) is 4.17. The van der Waals surface area contributed by atoms with Crippen LogP contribution in [-0.2, 0) is 9.31 Å². The van der Waals surface area contributed by atoms with Crippen molar-refractivity contribution in [3.05, 3.63) is 23.8 Å². The first kappa shape index (κ1) is 16.8. The molecular formula is C16H24BNO4. The Kier molecular flexibility index (Phi) is 4.28. The number of hydrogen-bond acceptors (Lipinski definition) is 4. The van der Waals surface area contributed by atoms with Crippen LogP contribution in [0.5, 0.6) is 5.75 Å². The molecule has 2 rings (SSSR count). The Morgan fingerprint density at radius 1 is 1.18 bits per heavy atom. The molecule has 0 aliphatic carbocycles. The van der Waals surface area contributed by atoms with Crippen LogP contribution >= 0.6 is 0 Å². The number of amides is 1. The van der Waals surface area contributed by atoms with Gasteiger partial charge in [0.1, 0.15) is 5.75 Å². The second kappa shape index (κ2) is 5.59. The minimum Gasteiger partial charge on any atom is -0.490 e. The molecule has 0 bridgehead atoms. The molecule has 2 N–H and O–H groups in total. The molecule has 120 valence electrons.